The number of aromatic nitrogens is 3. The van der Waals surface area contributed by atoms with Crippen LogP contribution in [0.5, 0.6) is 11.6 Å². The van der Waals surface area contributed by atoms with E-state index >= 15 is 0 Å². The lowest BCUT2D eigenvalue weighted by molar-refractivity contribution is 0.301. The van der Waals surface area contributed by atoms with E-state index in [0.717, 1.165) is 12.0 Å². The van der Waals surface area contributed by atoms with Crippen LogP contribution in [-0.4, -0.2) is 37.1 Å². The van der Waals surface area contributed by atoms with Crippen molar-refractivity contribution in [2.24, 2.45) is 0 Å². The van der Waals surface area contributed by atoms with E-state index in [1.807, 2.05) is 30.5 Å². The van der Waals surface area contributed by atoms with Crippen molar-refractivity contribution in [1.29, 1.82) is 0 Å². The Morgan fingerprint density at radius 1 is 0.938 bits per heavy atom. The molecule has 4 aromatic rings. The van der Waals surface area contributed by atoms with E-state index in [9.17, 15) is 8.42 Å². The lowest BCUT2D eigenvalue weighted by Gasteiger charge is -2.13. The lowest BCUT2D eigenvalue weighted by atomic mass is 10.2. The van der Waals surface area contributed by atoms with Crippen LogP contribution in [-0.2, 0) is 16.4 Å². The minimum atomic E-state index is -3.90. The first-order chi connectivity index (χ1) is 15.5. The minimum Gasteiger partial charge on any atom is -0.497 e. The highest BCUT2D eigenvalue weighted by Gasteiger charge is 2.20. The molecular formula is C23H22N4O4S. The van der Waals surface area contributed by atoms with E-state index in [1.54, 1.807) is 30.5 Å². The Morgan fingerprint density at radius 3 is 2.38 bits per heavy atom. The molecule has 0 bridgehead atoms. The second-order valence-corrected chi connectivity index (χ2v) is 8.64. The van der Waals surface area contributed by atoms with Crippen molar-refractivity contribution in [1.82, 2.24) is 15.0 Å². The lowest BCUT2D eigenvalue weighted by Crippen LogP contribution is -2.16. The van der Waals surface area contributed by atoms with Crippen LogP contribution < -0.4 is 14.2 Å². The molecule has 2 aromatic heterocycles. The molecule has 0 aliphatic heterocycles. The summed E-state index contributed by atoms with van der Waals surface area (Å²) in [6.45, 7) is 0.346. The van der Waals surface area contributed by atoms with E-state index in [1.165, 1.54) is 19.2 Å². The molecule has 0 saturated carbocycles. The molecule has 0 spiro atoms. The average Bonchev–Trinajstić information content (AvgIpc) is 2.82. The van der Waals surface area contributed by atoms with Crippen LogP contribution in [0.15, 0.2) is 78.0 Å². The van der Waals surface area contributed by atoms with Gasteiger partial charge in [0.1, 0.15) is 5.75 Å². The van der Waals surface area contributed by atoms with E-state index in [0.29, 0.717) is 29.8 Å². The Balaban J connectivity index is 1.56. The summed E-state index contributed by atoms with van der Waals surface area (Å²) in [5, 5.41) is 0. The SMILES string of the molecule is COc1ccc(S(=O)(=O)Nc2nc3ccccc3nc2OCCCc2cccnc2)cc1. The summed E-state index contributed by atoms with van der Waals surface area (Å²) >= 11 is 0. The molecule has 0 saturated heterocycles. The molecule has 0 radical (unpaired) electrons. The van der Waals surface area contributed by atoms with E-state index in [-0.39, 0.29) is 16.6 Å². The average molecular weight is 451 g/mol. The van der Waals surface area contributed by atoms with Gasteiger partial charge in [-0.05, 0) is 60.9 Å². The number of rotatable bonds is 9. The number of hydrogen-bond donors (Lipinski definition) is 1. The zero-order valence-corrected chi connectivity index (χ0v) is 18.2. The third-order valence-electron chi connectivity index (χ3n) is 4.71. The molecule has 2 aromatic carbocycles. The number of para-hydroxylation sites is 2. The molecule has 0 amide bonds. The zero-order valence-electron chi connectivity index (χ0n) is 17.4. The van der Waals surface area contributed by atoms with Gasteiger partial charge < -0.3 is 9.47 Å². The van der Waals surface area contributed by atoms with E-state index in [4.69, 9.17) is 9.47 Å². The molecule has 1 N–H and O–H groups in total. The largest absolute Gasteiger partial charge is 0.497 e. The van der Waals surface area contributed by atoms with Crippen molar-refractivity contribution in [3.05, 3.63) is 78.6 Å². The monoisotopic (exact) mass is 450 g/mol. The number of nitrogens with one attached hydrogen (secondary N) is 1. The normalized spacial score (nSPS) is 11.3. The summed E-state index contributed by atoms with van der Waals surface area (Å²) in [6, 6.07) is 17.2. The number of methoxy groups -OCH3 is 1. The van der Waals surface area contributed by atoms with E-state index in [2.05, 4.69) is 19.7 Å². The van der Waals surface area contributed by atoms with Gasteiger partial charge in [-0.15, -0.1) is 0 Å². The summed E-state index contributed by atoms with van der Waals surface area (Å²) in [5.74, 6) is 0.736. The molecule has 164 valence electrons. The number of pyridine rings is 1. The number of hydrogen-bond acceptors (Lipinski definition) is 7. The van der Waals surface area contributed by atoms with Gasteiger partial charge in [-0.3, -0.25) is 9.71 Å². The van der Waals surface area contributed by atoms with Gasteiger partial charge in [0.05, 0.1) is 29.6 Å². The number of anilines is 1. The van der Waals surface area contributed by atoms with Gasteiger partial charge in [-0.25, -0.2) is 18.4 Å². The molecule has 4 rings (SSSR count). The number of nitrogens with zero attached hydrogens (tertiary/aromatic N) is 3. The molecule has 2 heterocycles. The predicted molar refractivity (Wildman–Crippen MR) is 121 cm³/mol. The van der Waals surface area contributed by atoms with Crippen LogP contribution in [0.1, 0.15) is 12.0 Å². The van der Waals surface area contributed by atoms with E-state index < -0.39 is 10.0 Å². The highest BCUT2D eigenvalue weighted by Crippen LogP contribution is 2.27. The van der Waals surface area contributed by atoms with Gasteiger partial charge in [-0.1, -0.05) is 18.2 Å². The topological polar surface area (TPSA) is 103 Å². The number of fused-ring (bicyclic) bond motifs is 1. The third-order valence-corrected chi connectivity index (χ3v) is 6.07. The maximum absolute atomic E-state index is 12.9. The van der Waals surface area contributed by atoms with Crippen molar-refractivity contribution in [2.75, 3.05) is 18.4 Å². The number of ether oxygens (including phenoxy) is 2. The first-order valence-electron chi connectivity index (χ1n) is 10.0. The zero-order chi connectivity index (χ0) is 22.4. The Labute approximate surface area is 186 Å². The molecule has 0 fully saturated rings. The second-order valence-electron chi connectivity index (χ2n) is 6.96. The van der Waals surface area contributed by atoms with Crippen LogP contribution >= 0.6 is 0 Å². The van der Waals surface area contributed by atoms with Crippen LogP contribution in [0.25, 0.3) is 11.0 Å². The van der Waals surface area contributed by atoms with Crippen molar-refractivity contribution in [3.63, 3.8) is 0 Å². The first kappa shape index (κ1) is 21.5. The summed E-state index contributed by atoms with van der Waals surface area (Å²) in [5.41, 5.74) is 2.27. The Hall–Kier alpha value is -3.72. The summed E-state index contributed by atoms with van der Waals surface area (Å²) < 4.78 is 39.3. The van der Waals surface area contributed by atoms with Crippen LogP contribution in [0, 0.1) is 0 Å². The third kappa shape index (κ3) is 5.12. The molecule has 32 heavy (non-hydrogen) atoms. The number of aryl methyl sites for hydroxylation is 1. The molecule has 8 nitrogen and oxygen atoms in total. The van der Waals surface area contributed by atoms with Gasteiger partial charge >= 0.3 is 0 Å². The summed E-state index contributed by atoms with van der Waals surface area (Å²) in [6.07, 6.45) is 5.03. The maximum Gasteiger partial charge on any atom is 0.263 e. The molecule has 0 aliphatic rings. The Kier molecular flexibility index (Phi) is 6.46. The molecule has 9 heteroatoms. The van der Waals surface area contributed by atoms with Crippen molar-refractivity contribution in [2.45, 2.75) is 17.7 Å². The quantitative estimate of drug-likeness (QED) is 0.386. The van der Waals surface area contributed by atoms with Gasteiger partial charge in [0.25, 0.3) is 15.9 Å². The fourth-order valence-corrected chi connectivity index (χ4v) is 4.08. The van der Waals surface area contributed by atoms with Crippen LogP contribution in [0.2, 0.25) is 0 Å². The highest BCUT2D eigenvalue weighted by atomic mass is 32.2. The molecule has 0 aliphatic carbocycles. The van der Waals surface area contributed by atoms with Crippen molar-refractivity contribution < 1.29 is 17.9 Å². The fourth-order valence-electron chi connectivity index (χ4n) is 3.08. The standard InChI is InChI=1S/C23H22N4O4S/c1-30-18-10-12-19(13-11-18)32(28,29)27-22-23(26-21-9-3-2-8-20(21)25-22)31-15-5-7-17-6-4-14-24-16-17/h2-4,6,8-14,16H,5,7,15H2,1H3,(H,25,27). The Bertz CT molecular complexity index is 1300. The van der Waals surface area contributed by atoms with Crippen LogP contribution in [0.4, 0.5) is 5.82 Å². The van der Waals surface area contributed by atoms with Gasteiger partial charge in [0.2, 0.25) is 5.82 Å². The van der Waals surface area contributed by atoms with Crippen LogP contribution in [0.3, 0.4) is 0 Å². The number of benzene rings is 2. The summed E-state index contributed by atoms with van der Waals surface area (Å²) in [4.78, 5) is 13.1. The summed E-state index contributed by atoms with van der Waals surface area (Å²) in [7, 11) is -2.38. The molecule has 0 atom stereocenters. The second kappa shape index (κ2) is 9.61. The fraction of sp³-hybridized carbons (Fsp3) is 0.174. The maximum atomic E-state index is 12.9. The smallest absolute Gasteiger partial charge is 0.263 e. The van der Waals surface area contributed by atoms with Gasteiger partial charge in [0.15, 0.2) is 0 Å². The molecular weight excluding hydrogens is 428 g/mol. The van der Waals surface area contributed by atoms with Crippen molar-refractivity contribution in [3.8, 4) is 11.6 Å². The first-order valence-corrected chi connectivity index (χ1v) is 11.5. The number of sulfonamides is 1. The van der Waals surface area contributed by atoms with Crippen molar-refractivity contribution >= 4 is 26.9 Å². The molecule has 0 unspecified atom stereocenters. The minimum absolute atomic E-state index is 0.0425. The Morgan fingerprint density at radius 2 is 1.69 bits per heavy atom. The van der Waals surface area contributed by atoms with Gasteiger partial charge in [-0.2, -0.15) is 0 Å². The van der Waals surface area contributed by atoms with Gasteiger partial charge in [0, 0.05) is 12.4 Å². The highest BCUT2D eigenvalue weighted by molar-refractivity contribution is 7.92. The predicted octanol–water partition coefficient (Wildman–Crippen LogP) is 3.85.